The molecule has 9 rings (SSSR count). The van der Waals surface area contributed by atoms with Gasteiger partial charge in [0.1, 0.15) is 24.2 Å². The number of nitrogens with zero attached hydrogens (tertiary/aromatic N) is 4. The van der Waals surface area contributed by atoms with Crippen molar-refractivity contribution >= 4 is 34.8 Å². The number of alkyl carbamates (subject to hydrolysis) is 2. The summed E-state index contributed by atoms with van der Waals surface area (Å²) in [6, 6.07) is 29.4. The number of aromatic amines is 2. The predicted octanol–water partition coefficient (Wildman–Crippen LogP) is 10.4. The number of rotatable bonds is 13. The number of piperidine rings is 1. The van der Waals surface area contributed by atoms with Gasteiger partial charge in [0.25, 0.3) is 0 Å². The summed E-state index contributed by atoms with van der Waals surface area (Å²) in [6.07, 6.45) is 8.60. The quantitative estimate of drug-likeness (QED) is 0.0886. The zero-order valence-corrected chi connectivity index (χ0v) is 39.7. The summed E-state index contributed by atoms with van der Waals surface area (Å²) in [5.74, 6) is 1.40. The van der Waals surface area contributed by atoms with Crippen LogP contribution < -0.4 is 10.6 Å². The normalized spacial score (nSPS) is 17.8. The summed E-state index contributed by atoms with van der Waals surface area (Å²) in [7, 11) is 2.57. The van der Waals surface area contributed by atoms with Crippen molar-refractivity contribution in [1.82, 2.24) is 40.4 Å². The SMILES string of the molecule is CC.CCC.COC(=O)NCC(=O)N1C2CCC(C2)C1c1ncc(-c2ccc(-c3ccc4cc(-c5cnc(CN(CC6(C)CC6)C(=O)C(NC(=O)OC)c6ccccc6)[nH]5)ccc4c3)cc2)[nH]1. The lowest BCUT2D eigenvalue weighted by molar-refractivity contribution is -0.135. The van der Waals surface area contributed by atoms with Crippen molar-refractivity contribution in [2.45, 2.75) is 97.8 Å². The maximum Gasteiger partial charge on any atom is 0.407 e. The van der Waals surface area contributed by atoms with Gasteiger partial charge in [0.15, 0.2) is 0 Å². The maximum absolute atomic E-state index is 14.2. The number of imidazole rings is 2. The smallest absolute Gasteiger partial charge is 0.407 e. The molecule has 2 aliphatic carbocycles. The van der Waals surface area contributed by atoms with Gasteiger partial charge in [-0.2, -0.15) is 0 Å². The molecule has 3 heterocycles. The Balaban J connectivity index is 0.00000128. The Bertz CT molecular complexity index is 2640. The summed E-state index contributed by atoms with van der Waals surface area (Å²) in [5, 5.41) is 7.45. The van der Waals surface area contributed by atoms with Crippen LogP contribution in [0.25, 0.3) is 44.4 Å². The van der Waals surface area contributed by atoms with Crippen LogP contribution in [0.4, 0.5) is 9.59 Å². The molecule has 3 fully saturated rings. The van der Waals surface area contributed by atoms with E-state index in [9.17, 15) is 19.2 Å². The molecule has 67 heavy (non-hydrogen) atoms. The van der Waals surface area contributed by atoms with Gasteiger partial charge in [0.2, 0.25) is 11.8 Å². The van der Waals surface area contributed by atoms with Crippen molar-refractivity contribution in [3.05, 3.63) is 121 Å². The van der Waals surface area contributed by atoms with E-state index in [1.807, 2.05) is 55.3 Å². The molecule has 4 aromatic carbocycles. The summed E-state index contributed by atoms with van der Waals surface area (Å²) < 4.78 is 9.53. The molecule has 4 amide bonds. The van der Waals surface area contributed by atoms with Crippen molar-refractivity contribution < 1.29 is 28.7 Å². The van der Waals surface area contributed by atoms with Crippen LogP contribution in [0.5, 0.6) is 0 Å². The zero-order chi connectivity index (χ0) is 47.7. The first-order chi connectivity index (χ1) is 32.5. The number of aromatic nitrogens is 4. The van der Waals surface area contributed by atoms with Crippen molar-refractivity contribution in [1.29, 1.82) is 0 Å². The number of amides is 4. The van der Waals surface area contributed by atoms with Crippen molar-refractivity contribution in [3.63, 3.8) is 0 Å². The number of carbonyl (C=O) groups excluding carboxylic acids is 4. The van der Waals surface area contributed by atoms with Crippen LogP contribution in [0, 0.1) is 11.3 Å². The van der Waals surface area contributed by atoms with Crippen molar-refractivity contribution in [2.75, 3.05) is 27.3 Å². The Morgan fingerprint density at radius 2 is 1.40 bits per heavy atom. The molecule has 1 aliphatic heterocycles. The van der Waals surface area contributed by atoms with Crippen LogP contribution in [0.2, 0.25) is 0 Å². The Labute approximate surface area is 393 Å². The highest BCUT2D eigenvalue weighted by Crippen LogP contribution is 2.50. The molecular formula is C53H64N8O6. The average molecular weight is 909 g/mol. The van der Waals surface area contributed by atoms with Crippen LogP contribution in [0.1, 0.15) is 102 Å². The Hall–Kier alpha value is -6.96. The fourth-order valence-corrected chi connectivity index (χ4v) is 9.19. The second-order valence-electron chi connectivity index (χ2n) is 17.8. The summed E-state index contributed by atoms with van der Waals surface area (Å²) in [5.41, 5.74) is 6.57. The van der Waals surface area contributed by atoms with Gasteiger partial charge in [-0.05, 0) is 88.6 Å². The molecule has 352 valence electrons. The average Bonchev–Trinajstić information content (AvgIpc) is 3.91. The topological polar surface area (TPSA) is 175 Å². The summed E-state index contributed by atoms with van der Waals surface area (Å²) in [6.45, 7) is 11.1. The van der Waals surface area contributed by atoms with E-state index in [4.69, 9.17) is 14.7 Å². The molecule has 4 unspecified atom stereocenters. The third-order valence-corrected chi connectivity index (χ3v) is 12.8. The number of H-pyrrole nitrogens is 2. The third-order valence-electron chi connectivity index (χ3n) is 12.8. The minimum atomic E-state index is -0.901. The summed E-state index contributed by atoms with van der Waals surface area (Å²) >= 11 is 0. The number of carbonyl (C=O) groups is 4. The van der Waals surface area contributed by atoms with E-state index in [1.165, 1.54) is 20.6 Å². The van der Waals surface area contributed by atoms with E-state index in [0.717, 1.165) is 82.3 Å². The molecule has 1 saturated heterocycles. The van der Waals surface area contributed by atoms with Gasteiger partial charge in [-0.1, -0.05) is 120 Å². The number of likely N-dealkylation sites (tertiary alicyclic amines) is 1. The van der Waals surface area contributed by atoms with Crippen LogP contribution in [-0.4, -0.2) is 87.1 Å². The van der Waals surface area contributed by atoms with Gasteiger partial charge in [0.05, 0.1) is 50.6 Å². The highest BCUT2D eigenvalue weighted by Gasteiger charge is 2.50. The minimum Gasteiger partial charge on any atom is -0.453 e. The van der Waals surface area contributed by atoms with E-state index in [0.29, 0.717) is 23.9 Å². The Kier molecular flexibility index (Phi) is 15.4. The number of fused-ring (bicyclic) bond motifs is 3. The first kappa shape index (κ1) is 48.0. The number of benzene rings is 4. The maximum atomic E-state index is 14.2. The number of nitrogens with one attached hydrogen (secondary N) is 4. The second kappa shape index (κ2) is 21.6. The van der Waals surface area contributed by atoms with Gasteiger partial charge in [-0.25, -0.2) is 19.6 Å². The molecular weight excluding hydrogens is 845 g/mol. The van der Waals surface area contributed by atoms with Gasteiger partial charge < -0.3 is 39.9 Å². The second-order valence-corrected chi connectivity index (χ2v) is 17.8. The molecule has 2 saturated carbocycles. The lowest BCUT2D eigenvalue weighted by atomic mass is 9.97. The lowest BCUT2D eigenvalue weighted by Gasteiger charge is -2.34. The molecule has 14 heteroatoms. The fraction of sp³-hybridized carbons (Fsp3) is 0.396. The van der Waals surface area contributed by atoms with Gasteiger partial charge in [0, 0.05) is 18.2 Å². The van der Waals surface area contributed by atoms with E-state index in [1.54, 1.807) is 11.1 Å². The molecule has 14 nitrogen and oxygen atoms in total. The molecule has 6 aromatic rings. The third kappa shape index (κ3) is 11.2. The standard InChI is InChI=1S/C48H50N8O6.C3H8.C2H6/c1-48(19-20-48)28-55(45(58)42(54-47(60)62-3)31-7-5-4-6-8-31)27-40-49-24-39(52-40)35-16-15-33-21-32(13-14-34(33)22-35)29-9-11-30(12-10-29)38-25-50-44(53-38)43-36-17-18-37(23-36)56(43)41(57)26-51-46(59)61-2;1-3-2;1-2/h4-16,21-22,24-25,36-37,42-43H,17-20,23,26-28H2,1-3H3,(H,49,52)(H,50,53)(H,51,59)(H,54,60);3H2,1-2H3;1-2H3. The number of hydrogen-bond acceptors (Lipinski definition) is 8. The van der Waals surface area contributed by atoms with Crippen molar-refractivity contribution in [3.8, 4) is 33.6 Å². The Morgan fingerprint density at radius 3 is 2.07 bits per heavy atom. The highest BCUT2D eigenvalue weighted by molar-refractivity contribution is 5.91. The first-order valence-corrected chi connectivity index (χ1v) is 23.5. The molecule has 0 radical (unpaired) electrons. The predicted molar refractivity (Wildman–Crippen MR) is 260 cm³/mol. The van der Waals surface area contributed by atoms with Gasteiger partial charge >= 0.3 is 12.2 Å². The monoisotopic (exact) mass is 908 g/mol. The van der Waals surface area contributed by atoms with E-state index in [2.05, 4.69) is 107 Å². The largest absolute Gasteiger partial charge is 0.453 e. The summed E-state index contributed by atoms with van der Waals surface area (Å²) in [4.78, 5) is 71.4. The highest BCUT2D eigenvalue weighted by atomic mass is 16.5. The van der Waals surface area contributed by atoms with Crippen LogP contribution >= 0.6 is 0 Å². The molecule has 4 atom stereocenters. The first-order valence-electron chi connectivity index (χ1n) is 23.5. The van der Waals surface area contributed by atoms with Crippen LogP contribution in [0.15, 0.2) is 103 Å². The lowest BCUT2D eigenvalue weighted by Crippen LogP contribution is -2.45. The van der Waals surface area contributed by atoms with Gasteiger partial charge in [-0.3, -0.25) is 9.59 Å². The van der Waals surface area contributed by atoms with Crippen LogP contribution in [-0.2, 0) is 25.6 Å². The van der Waals surface area contributed by atoms with E-state index < -0.39 is 18.2 Å². The molecule has 0 spiro atoms. The molecule has 2 bridgehead atoms. The number of methoxy groups -OCH3 is 2. The molecule has 4 N–H and O–H groups in total. The number of hydrogen-bond donors (Lipinski definition) is 4. The Morgan fingerprint density at radius 1 is 0.791 bits per heavy atom. The minimum absolute atomic E-state index is 0.0237. The molecule has 2 aromatic heterocycles. The van der Waals surface area contributed by atoms with E-state index in [-0.39, 0.29) is 42.4 Å². The number of ether oxygens (including phenoxy) is 2. The van der Waals surface area contributed by atoms with Gasteiger partial charge in [-0.15, -0.1) is 0 Å². The fourth-order valence-electron chi connectivity index (χ4n) is 9.19. The molecule has 3 aliphatic rings. The van der Waals surface area contributed by atoms with Crippen molar-refractivity contribution in [2.24, 2.45) is 11.3 Å². The zero-order valence-electron chi connectivity index (χ0n) is 39.7. The van der Waals surface area contributed by atoms with E-state index >= 15 is 0 Å². The van der Waals surface area contributed by atoms with Crippen LogP contribution in [0.3, 0.4) is 0 Å².